The average Bonchev–Trinajstić information content (AvgIpc) is 2.21. The van der Waals surface area contributed by atoms with Gasteiger partial charge < -0.3 is 4.79 Å². The van der Waals surface area contributed by atoms with Crippen molar-refractivity contribution in [3.8, 4) is 0 Å². The van der Waals surface area contributed by atoms with Gasteiger partial charge >= 0.3 is 0 Å². The molecule has 0 spiro atoms. The molecule has 1 nitrogen and oxygen atoms in total. The lowest BCUT2D eigenvalue weighted by Crippen LogP contribution is -1.93. The normalized spacial score (nSPS) is 13.9. The van der Waals surface area contributed by atoms with E-state index in [-0.39, 0.29) is 5.92 Å². The molecule has 1 unspecified atom stereocenters. The number of aldehydes is 1. The van der Waals surface area contributed by atoms with Crippen molar-refractivity contribution in [1.82, 2.24) is 0 Å². The first-order valence-corrected chi connectivity index (χ1v) is 5.52. The lowest BCUT2D eigenvalue weighted by Gasteiger charge is -1.99. The summed E-state index contributed by atoms with van der Waals surface area (Å²) in [6.07, 6.45) is 15.3. The molecule has 1 heteroatoms. The van der Waals surface area contributed by atoms with E-state index in [0.29, 0.717) is 0 Å². The molecule has 0 aliphatic rings. The van der Waals surface area contributed by atoms with Gasteiger partial charge in [-0.1, -0.05) is 31.2 Å². The monoisotopic (exact) mass is 194 g/mol. The van der Waals surface area contributed by atoms with E-state index in [4.69, 9.17) is 0 Å². The minimum Gasteiger partial charge on any atom is -0.303 e. The third-order valence-electron chi connectivity index (χ3n) is 2.16. The Morgan fingerprint density at radius 3 is 2.36 bits per heavy atom. The zero-order valence-electron chi connectivity index (χ0n) is 9.41. The SMILES string of the molecule is CC=CCCC=CCCCC(C)C=O. The van der Waals surface area contributed by atoms with Crippen LogP contribution in [-0.2, 0) is 4.79 Å². The van der Waals surface area contributed by atoms with Crippen LogP contribution in [0.5, 0.6) is 0 Å². The van der Waals surface area contributed by atoms with Crippen LogP contribution in [0.3, 0.4) is 0 Å². The highest BCUT2D eigenvalue weighted by Crippen LogP contribution is 2.05. The topological polar surface area (TPSA) is 17.1 Å². The fraction of sp³-hybridized carbons (Fsp3) is 0.615. The number of hydrogen-bond acceptors (Lipinski definition) is 1. The van der Waals surface area contributed by atoms with E-state index < -0.39 is 0 Å². The van der Waals surface area contributed by atoms with Gasteiger partial charge in [-0.2, -0.15) is 0 Å². The average molecular weight is 194 g/mol. The quantitative estimate of drug-likeness (QED) is 0.325. The van der Waals surface area contributed by atoms with Crippen molar-refractivity contribution in [2.45, 2.75) is 46.0 Å². The Labute approximate surface area is 87.9 Å². The molecular formula is C13H22O. The largest absolute Gasteiger partial charge is 0.303 e. The summed E-state index contributed by atoms with van der Waals surface area (Å²) >= 11 is 0. The maximum absolute atomic E-state index is 10.3. The summed E-state index contributed by atoms with van der Waals surface area (Å²) in [6, 6.07) is 0. The van der Waals surface area contributed by atoms with E-state index in [0.717, 1.165) is 38.4 Å². The minimum absolute atomic E-state index is 0.228. The summed E-state index contributed by atoms with van der Waals surface area (Å²) in [6.45, 7) is 4.02. The number of rotatable bonds is 8. The zero-order chi connectivity index (χ0) is 10.6. The molecule has 0 amide bonds. The van der Waals surface area contributed by atoms with Crippen molar-refractivity contribution in [1.29, 1.82) is 0 Å². The molecule has 80 valence electrons. The molecule has 0 aromatic rings. The second kappa shape index (κ2) is 10.2. The predicted octanol–water partition coefficient (Wildman–Crippen LogP) is 3.90. The van der Waals surface area contributed by atoms with E-state index in [9.17, 15) is 4.79 Å². The summed E-state index contributed by atoms with van der Waals surface area (Å²) in [7, 11) is 0. The van der Waals surface area contributed by atoms with Crippen LogP contribution in [0.15, 0.2) is 24.3 Å². The summed E-state index contributed by atoms with van der Waals surface area (Å²) in [5.74, 6) is 0.228. The van der Waals surface area contributed by atoms with E-state index >= 15 is 0 Å². The van der Waals surface area contributed by atoms with Gasteiger partial charge in [0.25, 0.3) is 0 Å². The van der Waals surface area contributed by atoms with E-state index in [1.54, 1.807) is 0 Å². The van der Waals surface area contributed by atoms with E-state index in [1.807, 2.05) is 13.8 Å². The summed E-state index contributed by atoms with van der Waals surface area (Å²) in [5.41, 5.74) is 0. The number of carbonyl (C=O) groups excluding carboxylic acids is 1. The van der Waals surface area contributed by atoms with E-state index in [2.05, 4.69) is 24.3 Å². The van der Waals surface area contributed by atoms with Gasteiger partial charge in [-0.25, -0.2) is 0 Å². The highest BCUT2D eigenvalue weighted by atomic mass is 16.1. The first-order chi connectivity index (χ1) is 6.81. The van der Waals surface area contributed by atoms with Crippen LogP contribution in [-0.4, -0.2) is 6.29 Å². The molecular weight excluding hydrogens is 172 g/mol. The van der Waals surface area contributed by atoms with Crippen LogP contribution in [0.1, 0.15) is 46.0 Å². The van der Waals surface area contributed by atoms with Crippen LogP contribution in [0.4, 0.5) is 0 Å². The summed E-state index contributed by atoms with van der Waals surface area (Å²) < 4.78 is 0. The molecule has 0 rings (SSSR count). The van der Waals surface area contributed by atoms with Gasteiger partial charge in [0, 0.05) is 5.92 Å². The molecule has 1 atom stereocenters. The number of carbonyl (C=O) groups is 1. The molecule has 0 heterocycles. The molecule has 0 N–H and O–H groups in total. The van der Waals surface area contributed by atoms with Crippen molar-refractivity contribution in [3.05, 3.63) is 24.3 Å². The molecule has 0 radical (unpaired) electrons. The molecule has 0 aliphatic heterocycles. The molecule has 0 aromatic heterocycles. The van der Waals surface area contributed by atoms with Gasteiger partial charge in [0.2, 0.25) is 0 Å². The molecule has 0 aromatic carbocycles. The van der Waals surface area contributed by atoms with Crippen LogP contribution >= 0.6 is 0 Å². The molecule has 0 saturated heterocycles. The lowest BCUT2D eigenvalue weighted by atomic mass is 10.1. The van der Waals surface area contributed by atoms with Crippen molar-refractivity contribution in [2.24, 2.45) is 5.92 Å². The number of hydrogen-bond donors (Lipinski definition) is 0. The summed E-state index contributed by atoms with van der Waals surface area (Å²) in [4.78, 5) is 10.3. The molecule has 0 saturated carbocycles. The second-order valence-electron chi connectivity index (χ2n) is 3.66. The van der Waals surface area contributed by atoms with Crippen LogP contribution in [0.25, 0.3) is 0 Å². The smallest absolute Gasteiger partial charge is 0.122 e. The van der Waals surface area contributed by atoms with Crippen LogP contribution in [0, 0.1) is 5.92 Å². The Kier molecular flexibility index (Phi) is 9.61. The molecule has 0 bridgehead atoms. The van der Waals surface area contributed by atoms with Crippen molar-refractivity contribution >= 4 is 6.29 Å². The predicted molar refractivity (Wildman–Crippen MR) is 62.3 cm³/mol. The highest BCUT2D eigenvalue weighted by molar-refractivity contribution is 5.52. The zero-order valence-corrected chi connectivity index (χ0v) is 9.41. The lowest BCUT2D eigenvalue weighted by molar-refractivity contribution is -0.110. The molecule has 0 fully saturated rings. The fourth-order valence-corrected chi connectivity index (χ4v) is 1.22. The fourth-order valence-electron chi connectivity index (χ4n) is 1.22. The number of allylic oxidation sites excluding steroid dienone is 4. The third kappa shape index (κ3) is 9.24. The Morgan fingerprint density at radius 2 is 1.71 bits per heavy atom. The number of unbranched alkanes of at least 4 members (excludes halogenated alkanes) is 2. The van der Waals surface area contributed by atoms with Crippen LogP contribution < -0.4 is 0 Å². The molecule has 0 aliphatic carbocycles. The summed E-state index contributed by atoms with van der Waals surface area (Å²) in [5, 5.41) is 0. The Balaban J connectivity index is 3.22. The van der Waals surface area contributed by atoms with Gasteiger partial charge in [0.15, 0.2) is 0 Å². The van der Waals surface area contributed by atoms with Crippen molar-refractivity contribution < 1.29 is 4.79 Å². The minimum atomic E-state index is 0.228. The third-order valence-corrected chi connectivity index (χ3v) is 2.16. The van der Waals surface area contributed by atoms with Crippen molar-refractivity contribution in [3.63, 3.8) is 0 Å². The highest BCUT2D eigenvalue weighted by Gasteiger charge is 1.96. The molecule has 14 heavy (non-hydrogen) atoms. The van der Waals surface area contributed by atoms with Gasteiger partial charge in [0.05, 0.1) is 0 Å². The maximum Gasteiger partial charge on any atom is 0.122 e. The van der Waals surface area contributed by atoms with Crippen LogP contribution in [0.2, 0.25) is 0 Å². The van der Waals surface area contributed by atoms with Gasteiger partial charge in [-0.3, -0.25) is 0 Å². The standard InChI is InChI=1S/C13H22O/c1-3-4-5-6-7-8-9-10-11-13(2)12-14/h3-4,7-8,12-13H,5-6,9-11H2,1-2H3. The Morgan fingerprint density at radius 1 is 1.07 bits per heavy atom. The van der Waals surface area contributed by atoms with Crippen molar-refractivity contribution in [2.75, 3.05) is 0 Å². The Hall–Kier alpha value is -0.850. The maximum atomic E-state index is 10.3. The first-order valence-electron chi connectivity index (χ1n) is 5.52. The van der Waals surface area contributed by atoms with E-state index in [1.165, 1.54) is 0 Å². The first kappa shape index (κ1) is 13.2. The van der Waals surface area contributed by atoms with Gasteiger partial charge in [-0.05, 0) is 39.0 Å². The second-order valence-corrected chi connectivity index (χ2v) is 3.66. The van der Waals surface area contributed by atoms with Gasteiger partial charge in [-0.15, -0.1) is 0 Å². The van der Waals surface area contributed by atoms with Gasteiger partial charge in [0.1, 0.15) is 6.29 Å². The Bertz CT molecular complexity index is 180.